The van der Waals surface area contributed by atoms with E-state index in [0.717, 1.165) is 45.6 Å². The zero-order valence-corrected chi connectivity index (χ0v) is 11.0. The SMILES string of the molecule is CC(C)CCOCCN1CCCC(C(=O)O)C1. The average Bonchev–Trinajstić information content (AvgIpc) is 2.28. The van der Waals surface area contributed by atoms with Crippen LogP contribution in [0, 0.1) is 11.8 Å². The van der Waals surface area contributed by atoms with Gasteiger partial charge in [-0.2, -0.15) is 0 Å². The van der Waals surface area contributed by atoms with Crippen molar-refractivity contribution in [3.8, 4) is 0 Å². The van der Waals surface area contributed by atoms with Gasteiger partial charge in [0.25, 0.3) is 0 Å². The molecule has 1 unspecified atom stereocenters. The Morgan fingerprint density at radius 3 is 2.88 bits per heavy atom. The number of nitrogens with zero attached hydrogens (tertiary/aromatic N) is 1. The van der Waals surface area contributed by atoms with Gasteiger partial charge in [-0.25, -0.2) is 0 Å². The highest BCUT2D eigenvalue weighted by atomic mass is 16.5. The first kappa shape index (κ1) is 14.5. The summed E-state index contributed by atoms with van der Waals surface area (Å²) in [7, 11) is 0. The van der Waals surface area contributed by atoms with E-state index in [-0.39, 0.29) is 5.92 Å². The van der Waals surface area contributed by atoms with E-state index in [1.807, 2.05) is 0 Å². The number of hydrogen-bond donors (Lipinski definition) is 1. The van der Waals surface area contributed by atoms with Crippen molar-refractivity contribution in [2.24, 2.45) is 11.8 Å². The molecule has 1 atom stereocenters. The van der Waals surface area contributed by atoms with Crippen LogP contribution in [0.1, 0.15) is 33.1 Å². The number of carboxylic acid groups (broad SMARTS) is 1. The van der Waals surface area contributed by atoms with Crippen molar-refractivity contribution >= 4 is 5.97 Å². The van der Waals surface area contributed by atoms with E-state index < -0.39 is 5.97 Å². The van der Waals surface area contributed by atoms with Gasteiger partial charge in [0.2, 0.25) is 0 Å². The lowest BCUT2D eigenvalue weighted by Crippen LogP contribution is -2.40. The Morgan fingerprint density at radius 2 is 2.24 bits per heavy atom. The summed E-state index contributed by atoms with van der Waals surface area (Å²) in [6, 6.07) is 0. The summed E-state index contributed by atoms with van der Waals surface area (Å²) in [4.78, 5) is 13.1. The van der Waals surface area contributed by atoms with Crippen molar-refractivity contribution in [3.63, 3.8) is 0 Å². The molecule has 4 nitrogen and oxygen atoms in total. The second kappa shape index (κ2) is 7.67. The van der Waals surface area contributed by atoms with Crippen LogP contribution in [-0.2, 0) is 9.53 Å². The molecule has 1 saturated heterocycles. The maximum atomic E-state index is 10.9. The molecular formula is C13H25NO3. The van der Waals surface area contributed by atoms with Gasteiger partial charge in [-0.1, -0.05) is 13.8 Å². The molecule has 0 aromatic heterocycles. The zero-order chi connectivity index (χ0) is 12.7. The van der Waals surface area contributed by atoms with Crippen LogP contribution >= 0.6 is 0 Å². The van der Waals surface area contributed by atoms with E-state index in [1.165, 1.54) is 0 Å². The Hall–Kier alpha value is -0.610. The number of hydrogen-bond acceptors (Lipinski definition) is 3. The summed E-state index contributed by atoms with van der Waals surface area (Å²) in [5.74, 6) is -0.156. The fraction of sp³-hybridized carbons (Fsp3) is 0.923. The number of carbonyl (C=O) groups is 1. The minimum Gasteiger partial charge on any atom is -0.481 e. The first-order chi connectivity index (χ1) is 8.09. The Balaban J connectivity index is 2.08. The van der Waals surface area contributed by atoms with Crippen molar-refractivity contribution in [2.45, 2.75) is 33.1 Å². The second-order valence-corrected chi connectivity index (χ2v) is 5.27. The summed E-state index contributed by atoms with van der Waals surface area (Å²) in [5.41, 5.74) is 0. The van der Waals surface area contributed by atoms with Crippen molar-refractivity contribution in [1.29, 1.82) is 0 Å². The molecule has 0 aliphatic carbocycles. The van der Waals surface area contributed by atoms with Gasteiger partial charge in [0, 0.05) is 19.7 Å². The third kappa shape index (κ3) is 6.03. The fourth-order valence-electron chi connectivity index (χ4n) is 2.07. The van der Waals surface area contributed by atoms with E-state index in [9.17, 15) is 4.79 Å². The zero-order valence-electron chi connectivity index (χ0n) is 11.0. The Morgan fingerprint density at radius 1 is 1.47 bits per heavy atom. The molecule has 0 aromatic rings. The average molecular weight is 243 g/mol. The van der Waals surface area contributed by atoms with Crippen LogP contribution in [0.4, 0.5) is 0 Å². The van der Waals surface area contributed by atoms with E-state index >= 15 is 0 Å². The van der Waals surface area contributed by atoms with Gasteiger partial charge >= 0.3 is 5.97 Å². The highest BCUT2D eigenvalue weighted by Crippen LogP contribution is 2.16. The molecule has 4 heteroatoms. The molecule has 1 fully saturated rings. The third-order valence-electron chi connectivity index (χ3n) is 3.25. The monoisotopic (exact) mass is 243 g/mol. The van der Waals surface area contributed by atoms with E-state index in [4.69, 9.17) is 9.84 Å². The Bertz CT molecular complexity index is 231. The van der Waals surface area contributed by atoms with E-state index in [2.05, 4.69) is 18.7 Å². The van der Waals surface area contributed by atoms with Gasteiger partial charge in [0.05, 0.1) is 12.5 Å². The number of rotatable bonds is 7. The molecule has 0 amide bonds. The molecule has 0 saturated carbocycles. The predicted molar refractivity (Wildman–Crippen MR) is 67.1 cm³/mol. The topological polar surface area (TPSA) is 49.8 Å². The molecule has 0 aromatic carbocycles. The Kier molecular flexibility index (Phi) is 6.52. The van der Waals surface area contributed by atoms with Crippen molar-refractivity contribution in [1.82, 2.24) is 4.90 Å². The normalized spacial score (nSPS) is 21.9. The number of likely N-dealkylation sites (tertiary alicyclic amines) is 1. The molecule has 1 N–H and O–H groups in total. The molecule has 17 heavy (non-hydrogen) atoms. The van der Waals surface area contributed by atoms with Gasteiger partial charge in [-0.15, -0.1) is 0 Å². The molecule has 1 aliphatic rings. The van der Waals surface area contributed by atoms with Crippen molar-refractivity contribution in [3.05, 3.63) is 0 Å². The summed E-state index contributed by atoms with van der Waals surface area (Å²) in [6.07, 6.45) is 2.90. The summed E-state index contributed by atoms with van der Waals surface area (Å²) < 4.78 is 5.55. The molecule has 0 spiro atoms. The molecule has 0 bridgehead atoms. The van der Waals surface area contributed by atoms with Crippen LogP contribution in [0.2, 0.25) is 0 Å². The van der Waals surface area contributed by atoms with Gasteiger partial charge in [0.15, 0.2) is 0 Å². The third-order valence-corrected chi connectivity index (χ3v) is 3.25. The van der Waals surface area contributed by atoms with Gasteiger partial charge in [-0.05, 0) is 31.7 Å². The summed E-state index contributed by atoms with van der Waals surface area (Å²) in [5, 5.41) is 8.97. The van der Waals surface area contributed by atoms with Crippen LogP contribution in [0.3, 0.4) is 0 Å². The van der Waals surface area contributed by atoms with E-state index in [0.29, 0.717) is 12.5 Å². The van der Waals surface area contributed by atoms with Crippen LogP contribution in [-0.4, -0.2) is 48.8 Å². The minimum atomic E-state index is -0.657. The molecule has 100 valence electrons. The first-order valence-electron chi connectivity index (χ1n) is 6.62. The van der Waals surface area contributed by atoms with Crippen LogP contribution in [0.15, 0.2) is 0 Å². The predicted octanol–water partition coefficient (Wildman–Crippen LogP) is 1.85. The largest absolute Gasteiger partial charge is 0.481 e. The van der Waals surface area contributed by atoms with Crippen LogP contribution < -0.4 is 0 Å². The maximum absolute atomic E-state index is 10.9. The second-order valence-electron chi connectivity index (χ2n) is 5.27. The van der Waals surface area contributed by atoms with Crippen molar-refractivity contribution < 1.29 is 14.6 Å². The lowest BCUT2D eigenvalue weighted by atomic mass is 9.98. The lowest BCUT2D eigenvalue weighted by Gasteiger charge is -2.30. The van der Waals surface area contributed by atoms with E-state index in [1.54, 1.807) is 0 Å². The summed E-state index contributed by atoms with van der Waals surface area (Å²) in [6.45, 7) is 8.46. The summed E-state index contributed by atoms with van der Waals surface area (Å²) >= 11 is 0. The number of carboxylic acids is 1. The van der Waals surface area contributed by atoms with Gasteiger partial charge < -0.3 is 14.7 Å². The number of ether oxygens (including phenoxy) is 1. The van der Waals surface area contributed by atoms with Gasteiger partial charge in [0.1, 0.15) is 0 Å². The highest BCUT2D eigenvalue weighted by Gasteiger charge is 2.24. The number of aliphatic carboxylic acids is 1. The first-order valence-corrected chi connectivity index (χ1v) is 6.62. The maximum Gasteiger partial charge on any atom is 0.307 e. The standard InChI is InChI=1S/C13H25NO3/c1-11(2)5-8-17-9-7-14-6-3-4-12(10-14)13(15)16/h11-12H,3-10H2,1-2H3,(H,15,16). The highest BCUT2D eigenvalue weighted by molar-refractivity contribution is 5.70. The lowest BCUT2D eigenvalue weighted by molar-refractivity contribution is -0.143. The van der Waals surface area contributed by atoms with Crippen LogP contribution in [0.25, 0.3) is 0 Å². The van der Waals surface area contributed by atoms with Crippen LogP contribution in [0.5, 0.6) is 0 Å². The quantitative estimate of drug-likeness (QED) is 0.693. The molecule has 0 radical (unpaired) electrons. The molecular weight excluding hydrogens is 218 g/mol. The van der Waals surface area contributed by atoms with Crippen molar-refractivity contribution in [2.75, 3.05) is 32.8 Å². The molecule has 1 heterocycles. The fourth-order valence-corrected chi connectivity index (χ4v) is 2.07. The van der Waals surface area contributed by atoms with Gasteiger partial charge in [-0.3, -0.25) is 4.79 Å². The molecule has 1 aliphatic heterocycles. The Labute approximate surface area is 104 Å². The minimum absolute atomic E-state index is 0.181. The smallest absolute Gasteiger partial charge is 0.307 e. The molecule has 1 rings (SSSR count). The number of piperidine rings is 1.